The van der Waals surface area contributed by atoms with Gasteiger partial charge in [0.25, 0.3) is 0 Å². The molecule has 3 heteroatoms. The number of ether oxygens (including phenoxy) is 1. The summed E-state index contributed by atoms with van der Waals surface area (Å²) in [6.07, 6.45) is 2.02. The van der Waals surface area contributed by atoms with Crippen molar-refractivity contribution in [3.05, 3.63) is 29.6 Å². The van der Waals surface area contributed by atoms with Crippen LogP contribution in [0.4, 0.5) is 4.39 Å². The maximum absolute atomic E-state index is 13.7. The third-order valence-electron chi connectivity index (χ3n) is 3.65. The van der Waals surface area contributed by atoms with E-state index in [0.29, 0.717) is 11.7 Å². The lowest BCUT2D eigenvalue weighted by Gasteiger charge is -2.29. The fourth-order valence-corrected chi connectivity index (χ4v) is 2.77. The van der Waals surface area contributed by atoms with E-state index in [1.54, 1.807) is 6.07 Å². The van der Waals surface area contributed by atoms with Gasteiger partial charge >= 0.3 is 0 Å². The van der Waals surface area contributed by atoms with Gasteiger partial charge in [0, 0.05) is 17.0 Å². The van der Waals surface area contributed by atoms with Crippen LogP contribution in [0.5, 0.6) is 5.75 Å². The summed E-state index contributed by atoms with van der Waals surface area (Å²) in [5.41, 5.74) is 7.05. The van der Waals surface area contributed by atoms with E-state index in [9.17, 15) is 4.39 Å². The molecule has 1 saturated carbocycles. The Labute approximate surface area is 102 Å². The minimum Gasteiger partial charge on any atom is -0.493 e. The second kappa shape index (κ2) is 4.30. The highest BCUT2D eigenvalue weighted by Crippen LogP contribution is 2.50. The number of rotatable bonds is 4. The predicted molar refractivity (Wildman–Crippen MR) is 66.7 cm³/mol. The van der Waals surface area contributed by atoms with Gasteiger partial charge < -0.3 is 10.5 Å². The molecule has 2 rings (SSSR count). The van der Waals surface area contributed by atoms with Crippen molar-refractivity contribution in [2.45, 2.75) is 38.1 Å². The van der Waals surface area contributed by atoms with Crippen LogP contribution in [0.1, 0.15) is 38.2 Å². The molecule has 2 N–H and O–H groups in total. The van der Waals surface area contributed by atoms with Gasteiger partial charge in [0.1, 0.15) is 0 Å². The zero-order chi connectivity index (χ0) is 12.6. The van der Waals surface area contributed by atoms with Crippen LogP contribution in [0.2, 0.25) is 0 Å². The first-order valence-corrected chi connectivity index (χ1v) is 6.11. The highest BCUT2D eigenvalue weighted by atomic mass is 19.1. The van der Waals surface area contributed by atoms with Crippen LogP contribution in [0, 0.1) is 11.7 Å². The zero-order valence-corrected chi connectivity index (χ0v) is 10.7. The normalized spacial score (nSPS) is 19.2. The Morgan fingerprint density at radius 2 is 2.00 bits per heavy atom. The van der Waals surface area contributed by atoms with Gasteiger partial charge in [-0.3, -0.25) is 0 Å². The molecule has 0 spiro atoms. The Bertz CT molecular complexity index is 413. The predicted octanol–water partition coefficient (Wildman–Crippen LogP) is 3.07. The quantitative estimate of drug-likeness (QED) is 0.873. The molecule has 1 aliphatic rings. The Morgan fingerprint density at radius 1 is 1.35 bits per heavy atom. The van der Waals surface area contributed by atoms with E-state index in [1.165, 1.54) is 13.2 Å². The zero-order valence-electron chi connectivity index (χ0n) is 10.7. The minimum atomic E-state index is -0.306. The molecule has 0 aromatic heterocycles. The van der Waals surface area contributed by atoms with Crippen molar-refractivity contribution in [2.75, 3.05) is 7.11 Å². The van der Waals surface area contributed by atoms with Crippen molar-refractivity contribution in [3.8, 4) is 5.75 Å². The fraction of sp³-hybridized carbons (Fsp3) is 0.571. The molecule has 0 amide bonds. The molecular weight excluding hydrogens is 217 g/mol. The van der Waals surface area contributed by atoms with Crippen molar-refractivity contribution >= 4 is 0 Å². The van der Waals surface area contributed by atoms with Gasteiger partial charge in [-0.25, -0.2) is 4.39 Å². The highest BCUT2D eigenvalue weighted by Gasteiger charge is 2.48. The largest absolute Gasteiger partial charge is 0.493 e. The van der Waals surface area contributed by atoms with Gasteiger partial charge in [0.2, 0.25) is 0 Å². The van der Waals surface area contributed by atoms with E-state index >= 15 is 0 Å². The first-order valence-electron chi connectivity index (χ1n) is 6.11. The van der Waals surface area contributed by atoms with Gasteiger partial charge in [-0.1, -0.05) is 26.0 Å². The van der Waals surface area contributed by atoms with Crippen LogP contribution >= 0.6 is 0 Å². The molecule has 17 heavy (non-hydrogen) atoms. The third-order valence-corrected chi connectivity index (χ3v) is 3.65. The fourth-order valence-electron chi connectivity index (χ4n) is 2.77. The van der Waals surface area contributed by atoms with Crippen molar-refractivity contribution in [1.82, 2.24) is 0 Å². The van der Waals surface area contributed by atoms with Crippen molar-refractivity contribution in [3.63, 3.8) is 0 Å². The van der Waals surface area contributed by atoms with E-state index in [0.717, 1.165) is 18.4 Å². The number of hydrogen-bond donors (Lipinski definition) is 1. The number of hydrogen-bond acceptors (Lipinski definition) is 2. The lowest BCUT2D eigenvalue weighted by atomic mass is 9.80. The van der Waals surface area contributed by atoms with Gasteiger partial charge in [-0.15, -0.1) is 0 Å². The maximum atomic E-state index is 13.7. The summed E-state index contributed by atoms with van der Waals surface area (Å²) in [6, 6.07) is 5.09. The molecule has 94 valence electrons. The van der Waals surface area contributed by atoms with Gasteiger partial charge in [-0.2, -0.15) is 0 Å². The van der Waals surface area contributed by atoms with E-state index in [2.05, 4.69) is 13.8 Å². The number of benzene rings is 1. The SMILES string of the molecule is COc1c(F)cccc1C(C(C)C)C1(N)CC1. The first-order chi connectivity index (χ1) is 7.99. The number of methoxy groups -OCH3 is 1. The van der Waals surface area contributed by atoms with Crippen LogP contribution in [0.3, 0.4) is 0 Å². The van der Waals surface area contributed by atoms with Crippen LogP contribution < -0.4 is 10.5 Å². The van der Waals surface area contributed by atoms with Crippen LogP contribution in [-0.2, 0) is 0 Å². The number of halogens is 1. The summed E-state index contributed by atoms with van der Waals surface area (Å²) >= 11 is 0. The van der Waals surface area contributed by atoms with E-state index in [1.807, 2.05) is 6.07 Å². The molecule has 0 bridgehead atoms. The molecule has 1 fully saturated rings. The maximum Gasteiger partial charge on any atom is 0.165 e. The van der Waals surface area contributed by atoms with Crippen LogP contribution in [0.15, 0.2) is 18.2 Å². The summed E-state index contributed by atoms with van der Waals surface area (Å²) in [5, 5.41) is 0. The monoisotopic (exact) mass is 237 g/mol. The van der Waals surface area contributed by atoms with Crippen molar-refractivity contribution in [1.29, 1.82) is 0 Å². The average molecular weight is 237 g/mol. The minimum absolute atomic E-state index is 0.160. The second-order valence-electron chi connectivity index (χ2n) is 5.32. The first kappa shape index (κ1) is 12.4. The number of nitrogens with two attached hydrogens (primary N) is 1. The molecular formula is C14H20FNO. The number of para-hydroxylation sites is 1. The molecule has 0 saturated heterocycles. The molecule has 0 radical (unpaired) electrons. The Kier molecular flexibility index (Phi) is 3.13. The van der Waals surface area contributed by atoms with Gasteiger partial charge in [0.05, 0.1) is 7.11 Å². The molecule has 1 aromatic rings. The van der Waals surface area contributed by atoms with Crippen LogP contribution in [0.25, 0.3) is 0 Å². The summed E-state index contributed by atoms with van der Waals surface area (Å²) in [5.74, 6) is 0.578. The van der Waals surface area contributed by atoms with E-state index < -0.39 is 0 Å². The van der Waals surface area contributed by atoms with Crippen molar-refractivity contribution in [2.24, 2.45) is 11.7 Å². The molecule has 1 aromatic carbocycles. The average Bonchev–Trinajstić information content (AvgIpc) is 2.97. The Morgan fingerprint density at radius 3 is 2.47 bits per heavy atom. The lowest BCUT2D eigenvalue weighted by Crippen LogP contribution is -2.34. The van der Waals surface area contributed by atoms with Crippen LogP contribution in [-0.4, -0.2) is 12.6 Å². The smallest absolute Gasteiger partial charge is 0.165 e. The Balaban J connectivity index is 2.46. The summed E-state index contributed by atoms with van der Waals surface area (Å²) < 4.78 is 18.9. The van der Waals surface area contributed by atoms with Crippen molar-refractivity contribution < 1.29 is 9.13 Å². The van der Waals surface area contributed by atoms with E-state index in [-0.39, 0.29) is 17.3 Å². The Hall–Kier alpha value is -1.09. The van der Waals surface area contributed by atoms with E-state index in [4.69, 9.17) is 10.5 Å². The topological polar surface area (TPSA) is 35.2 Å². The highest BCUT2D eigenvalue weighted by molar-refractivity contribution is 5.41. The molecule has 1 atom stereocenters. The molecule has 1 aliphatic carbocycles. The summed E-state index contributed by atoms with van der Waals surface area (Å²) in [4.78, 5) is 0. The van der Waals surface area contributed by atoms with Gasteiger partial charge in [0.15, 0.2) is 11.6 Å². The summed E-state index contributed by atoms with van der Waals surface area (Å²) in [6.45, 7) is 4.25. The lowest BCUT2D eigenvalue weighted by molar-refractivity contribution is 0.349. The molecule has 1 unspecified atom stereocenters. The standard InChI is InChI=1S/C14H20FNO/c1-9(2)12(14(16)7-8-14)10-5-4-6-11(15)13(10)17-3/h4-6,9,12H,7-8,16H2,1-3H3. The summed E-state index contributed by atoms with van der Waals surface area (Å²) in [7, 11) is 1.51. The van der Waals surface area contributed by atoms with Gasteiger partial charge in [-0.05, 0) is 24.8 Å². The molecule has 0 aliphatic heterocycles. The second-order valence-corrected chi connectivity index (χ2v) is 5.32. The molecule has 2 nitrogen and oxygen atoms in total. The molecule has 0 heterocycles. The third kappa shape index (κ3) is 2.16.